The lowest BCUT2D eigenvalue weighted by atomic mass is 10.0. The molecule has 0 aliphatic heterocycles. The van der Waals surface area contributed by atoms with E-state index < -0.39 is 0 Å². The van der Waals surface area contributed by atoms with Gasteiger partial charge in [0.15, 0.2) is 0 Å². The summed E-state index contributed by atoms with van der Waals surface area (Å²) in [5.74, 6) is 0.294. The van der Waals surface area contributed by atoms with E-state index in [2.05, 4.69) is 12.1 Å². The topological polar surface area (TPSA) is 46.2 Å². The van der Waals surface area contributed by atoms with Crippen molar-refractivity contribution >= 4 is 27.2 Å². The van der Waals surface area contributed by atoms with Gasteiger partial charge in [0.1, 0.15) is 5.75 Å². The van der Waals surface area contributed by atoms with Gasteiger partial charge in [-0.15, -0.1) is 0 Å². The molecule has 0 radical (unpaired) electrons. The maximum absolute atomic E-state index is 9.43. The van der Waals surface area contributed by atoms with Crippen LogP contribution in [-0.4, -0.2) is 5.11 Å². The Labute approximate surface area is 92.9 Å². The molecular weight excluding hydrogens is 198 g/mol. The van der Waals surface area contributed by atoms with Crippen molar-refractivity contribution in [2.45, 2.75) is 0 Å². The number of fused-ring (bicyclic) bond motifs is 2. The van der Waals surface area contributed by atoms with Crippen LogP contribution in [0.1, 0.15) is 0 Å². The van der Waals surface area contributed by atoms with Crippen molar-refractivity contribution in [1.82, 2.24) is 0 Å². The molecule has 0 aromatic heterocycles. The molecular formula is C14H11NO. The number of anilines is 1. The van der Waals surface area contributed by atoms with Crippen molar-refractivity contribution in [3.8, 4) is 5.75 Å². The number of nitrogen functional groups attached to an aromatic ring is 1. The van der Waals surface area contributed by atoms with Gasteiger partial charge < -0.3 is 10.8 Å². The highest BCUT2D eigenvalue weighted by Crippen LogP contribution is 2.26. The second-order valence-electron chi connectivity index (χ2n) is 3.99. The molecule has 3 rings (SSSR count). The first-order valence-electron chi connectivity index (χ1n) is 5.14. The quantitative estimate of drug-likeness (QED) is 0.441. The highest BCUT2D eigenvalue weighted by molar-refractivity contribution is 5.99. The smallest absolute Gasteiger partial charge is 0.116 e. The van der Waals surface area contributed by atoms with Gasteiger partial charge >= 0.3 is 0 Å². The van der Waals surface area contributed by atoms with Crippen LogP contribution in [0.3, 0.4) is 0 Å². The standard InChI is InChI=1S/C14H11NO/c15-13-3-1-9-6-12-8-14(16)4-2-10(12)5-11(9)7-13/h1-8,16H,15H2. The van der Waals surface area contributed by atoms with Crippen LogP contribution >= 0.6 is 0 Å². The maximum Gasteiger partial charge on any atom is 0.116 e. The van der Waals surface area contributed by atoms with Crippen LogP contribution in [0.15, 0.2) is 48.5 Å². The third-order valence-electron chi connectivity index (χ3n) is 2.80. The first-order chi connectivity index (χ1) is 7.72. The van der Waals surface area contributed by atoms with Crippen LogP contribution in [0.25, 0.3) is 21.5 Å². The van der Waals surface area contributed by atoms with E-state index in [1.165, 1.54) is 0 Å². The summed E-state index contributed by atoms with van der Waals surface area (Å²) < 4.78 is 0. The fourth-order valence-corrected chi connectivity index (χ4v) is 2.00. The Morgan fingerprint density at radius 3 is 2.06 bits per heavy atom. The Kier molecular flexibility index (Phi) is 1.77. The van der Waals surface area contributed by atoms with Crippen molar-refractivity contribution < 1.29 is 5.11 Å². The van der Waals surface area contributed by atoms with Gasteiger partial charge in [-0.1, -0.05) is 12.1 Å². The monoisotopic (exact) mass is 209 g/mol. The number of aromatic hydroxyl groups is 1. The summed E-state index contributed by atoms with van der Waals surface area (Å²) in [6, 6.07) is 15.4. The van der Waals surface area contributed by atoms with Gasteiger partial charge in [0.05, 0.1) is 0 Å². The molecule has 3 aromatic carbocycles. The van der Waals surface area contributed by atoms with E-state index >= 15 is 0 Å². The predicted molar refractivity (Wildman–Crippen MR) is 67.5 cm³/mol. The van der Waals surface area contributed by atoms with Gasteiger partial charge in [0.25, 0.3) is 0 Å². The average Bonchev–Trinajstić information content (AvgIpc) is 2.26. The average molecular weight is 209 g/mol. The molecule has 78 valence electrons. The fraction of sp³-hybridized carbons (Fsp3) is 0. The minimum atomic E-state index is 0.294. The molecule has 2 nitrogen and oxygen atoms in total. The van der Waals surface area contributed by atoms with Crippen LogP contribution in [0.5, 0.6) is 5.75 Å². The summed E-state index contributed by atoms with van der Waals surface area (Å²) in [5.41, 5.74) is 6.52. The van der Waals surface area contributed by atoms with E-state index in [9.17, 15) is 5.11 Å². The molecule has 0 amide bonds. The number of rotatable bonds is 0. The molecule has 0 fully saturated rings. The Bertz CT molecular complexity index is 627. The van der Waals surface area contributed by atoms with E-state index in [1.807, 2.05) is 24.3 Å². The lowest BCUT2D eigenvalue weighted by molar-refractivity contribution is 0.476. The largest absolute Gasteiger partial charge is 0.508 e. The van der Waals surface area contributed by atoms with Crippen molar-refractivity contribution in [3.63, 3.8) is 0 Å². The number of phenols is 1. The maximum atomic E-state index is 9.43. The molecule has 0 spiro atoms. The number of benzene rings is 3. The summed E-state index contributed by atoms with van der Waals surface area (Å²) in [5, 5.41) is 13.8. The first kappa shape index (κ1) is 9.04. The Morgan fingerprint density at radius 2 is 1.31 bits per heavy atom. The summed E-state index contributed by atoms with van der Waals surface area (Å²) in [6.07, 6.45) is 0. The molecule has 0 heterocycles. The molecule has 16 heavy (non-hydrogen) atoms. The molecule has 0 aliphatic rings. The summed E-state index contributed by atoms with van der Waals surface area (Å²) in [7, 11) is 0. The third-order valence-corrected chi connectivity index (χ3v) is 2.80. The first-order valence-corrected chi connectivity index (χ1v) is 5.14. The van der Waals surface area contributed by atoms with Crippen molar-refractivity contribution in [1.29, 1.82) is 0 Å². The van der Waals surface area contributed by atoms with Gasteiger partial charge in [0, 0.05) is 5.69 Å². The lowest BCUT2D eigenvalue weighted by Crippen LogP contribution is -1.84. The number of phenolic OH excluding ortho intramolecular Hbond substituents is 1. The predicted octanol–water partition coefficient (Wildman–Crippen LogP) is 3.28. The second kappa shape index (κ2) is 3.14. The zero-order valence-corrected chi connectivity index (χ0v) is 8.64. The van der Waals surface area contributed by atoms with Gasteiger partial charge in [-0.25, -0.2) is 0 Å². The zero-order valence-electron chi connectivity index (χ0n) is 8.64. The zero-order chi connectivity index (χ0) is 11.1. The van der Waals surface area contributed by atoms with E-state index in [-0.39, 0.29) is 0 Å². The highest BCUT2D eigenvalue weighted by Gasteiger charge is 1.99. The van der Waals surface area contributed by atoms with E-state index in [1.54, 1.807) is 12.1 Å². The van der Waals surface area contributed by atoms with Crippen molar-refractivity contribution in [2.24, 2.45) is 0 Å². The molecule has 3 aromatic rings. The van der Waals surface area contributed by atoms with Crippen molar-refractivity contribution in [2.75, 3.05) is 5.73 Å². The van der Waals surface area contributed by atoms with Gasteiger partial charge in [-0.3, -0.25) is 0 Å². The Morgan fingerprint density at radius 1 is 0.688 bits per heavy atom. The van der Waals surface area contributed by atoms with Crippen LogP contribution in [0.2, 0.25) is 0 Å². The minimum Gasteiger partial charge on any atom is -0.508 e. The van der Waals surface area contributed by atoms with E-state index in [4.69, 9.17) is 5.73 Å². The fourth-order valence-electron chi connectivity index (χ4n) is 2.00. The number of hydrogen-bond acceptors (Lipinski definition) is 2. The van der Waals surface area contributed by atoms with Gasteiger partial charge in [-0.2, -0.15) is 0 Å². The molecule has 0 saturated heterocycles. The second-order valence-corrected chi connectivity index (χ2v) is 3.99. The normalized spacial score (nSPS) is 11.0. The van der Waals surface area contributed by atoms with Crippen LogP contribution in [0, 0.1) is 0 Å². The summed E-state index contributed by atoms with van der Waals surface area (Å²) in [6.45, 7) is 0. The molecule has 2 heteroatoms. The Balaban J connectivity index is 2.44. The lowest BCUT2D eigenvalue weighted by Gasteiger charge is -2.03. The Hall–Kier alpha value is -2.22. The van der Waals surface area contributed by atoms with Crippen LogP contribution in [-0.2, 0) is 0 Å². The molecule has 0 aliphatic carbocycles. The number of nitrogens with two attached hydrogens (primary N) is 1. The third kappa shape index (κ3) is 1.36. The molecule has 0 bridgehead atoms. The van der Waals surface area contributed by atoms with E-state index in [0.29, 0.717) is 5.75 Å². The minimum absolute atomic E-state index is 0.294. The molecule has 0 saturated carbocycles. The molecule has 0 unspecified atom stereocenters. The summed E-state index contributed by atoms with van der Waals surface area (Å²) >= 11 is 0. The highest BCUT2D eigenvalue weighted by atomic mass is 16.3. The summed E-state index contributed by atoms with van der Waals surface area (Å²) in [4.78, 5) is 0. The van der Waals surface area contributed by atoms with Gasteiger partial charge in [-0.05, 0) is 57.9 Å². The SMILES string of the molecule is Nc1ccc2cc3cc(O)ccc3cc2c1. The van der Waals surface area contributed by atoms with Crippen molar-refractivity contribution in [3.05, 3.63) is 48.5 Å². The van der Waals surface area contributed by atoms with E-state index in [0.717, 1.165) is 27.2 Å². The van der Waals surface area contributed by atoms with Gasteiger partial charge in [0.2, 0.25) is 0 Å². The number of hydrogen-bond donors (Lipinski definition) is 2. The van der Waals surface area contributed by atoms with Crippen LogP contribution in [0.4, 0.5) is 5.69 Å². The molecule has 0 atom stereocenters. The molecule has 3 N–H and O–H groups in total. The van der Waals surface area contributed by atoms with Crippen LogP contribution < -0.4 is 5.73 Å².